The minimum absolute atomic E-state index is 0.0918. The minimum Gasteiger partial charge on any atom is -0.503 e. The van der Waals surface area contributed by atoms with E-state index in [-0.39, 0.29) is 22.8 Å². The lowest BCUT2D eigenvalue weighted by Crippen LogP contribution is -2.49. The largest absolute Gasteiger partial charge is 0.503 e. The van der Waals surface area contributed by atoms with Gasteiger partial charge in [-0.25, -0.2) is 9.59 Å². The van der Waals surface area contributed by atoms with Gasteiger partial charge >= 0.3 is 18.0 Å². The molecule has 0 saturated heterocycles. The van der Waals surface area contributed by atoms with Gasteiger partial charge in [-0.05, 0) is 54.4 Å². The van der Waals surface area contributed by atoms with Crippen molar-refractivity contribution in [2.24, 2.45) is 0 Å². The summed E-state index contributed by atoms with van der Waals surface area (Å²) in [6, 6.07) is 1.42. The zero-order valence-corrected chi connectivity index (χ0v) is 17.4. The Balaban J connectivity index is 2.63. The molecule has 28 heavy (non-hydrogen) atoms. The number of carbonyl (C=O) groups is 3. The van der Waals surface area contributed by atoms with Gasteiger partial charge in [0.05, 0.1) is 29.3 Å². The van der Waals surface area contributed by atoms with Crippen LogP contribution < -0.4 is 10.1 Å². The quantitative estimate of drug-likeness (QED) is 0.561. The molecule has 0 spiro atoms. The summed E-state index contributed by atoms with van der Waals surface area (Å²) >= 11 is 3.21. The van der Waals surface area contributed by atoms with Crippen molar-refractivity contribution in [3.05, 3.63) is 33.4 Å². The molecule has 1 atom stereocenters. The number of ether oxygens (including phenoxy) is 2. The molecule has 1 aromatic carbocycles. The van der Waals surface area contributed by atoms with Gasteiger partial charge in [0, 0.05) is 5.70 Å². The van der Waals surface area contributed by atoms with Crippen molar-refractivity contribution in [1.82, 2.24) is 10.2 Å². The SMILES string of the molecule is COc1cc(C2NC(=O)N(CC(=O)O)C(C)=C2C(=O)OC(C)C)cc(Br)c1O. The number of aromatic hydroxyl groups is 1. The summed E-state index contributed by atoms with van der Waals surface area (Å²) in [7, 11) is 1.37. The number of hydrogen-bond donors (Lipinski definition) is 3. The molecular weight excluding hydrogens is 436 g/mol. The number of carboxylic acids is 1. The number of methoxy groups -OCH3 is 1. The van der Waals surface area contributed by atoms with Gasteiger partial charge in [-0.15, -0.1) is 0 Å². The normalized spacial score (nSPS) is 16.9. The number of nitrogens with one attached hydrogen (secondary N) is 1. The van der Waals surface area contributed by atoms with E-state index < -0.39 is 36.7 Å². The maximum absolute atomic E-state index is 12.7. The van der Waals surface area contributed by atoms with Crippen molar-refractivity contribution >= 4 is 33.9 Å². The van der Waals surface area contributed by atoms with Gasteiger partial charge in [0.1, 0.15) is 6.54 Å². The fraction of sp³-hybridized carbons (Fsp3) is 0.389. The van der Waals surface area contributed by atoms with Crippen molar-refractivity contribution in [2.75, 3.05) is 13.7 Å². The van der Waals surface area contributed by atoms with Crippen LogP contribution in [0.5, 0.6) is 11.5 Å². The van der Waals surface area contributed by atoms with Crippen LogP contribution in [-0.2, 0) is 14.3 Å². The monoisotopic (exact) mass is 456 g/mol. The Kier molecular flexibility index (Phi) is 6.55. The third-order valence-corrected chi connectivity index (χ3v) is 4.66. The zero-order chi connectivity index (χ0) is 21.2. The summed E-state index contributed by atoms with van der Waals surface area (Å²) < 4.78 is 10.7. The van der Waals surface area contributed by atoms with Crippen molar-refractivity contribution in [3.63, 3.8) is 0 Å². The number of allylic oxidation sites excluding steroid dienone is 1. The number of hydrogen-bond acceptors (Lipinski definition) is 6. The Morgan fingerprint density at radius 1 is 1.36 bits per heavy atom. The molecule has 1 heterocycles. The number of phenolic OH excluding ortho intramolecular Hbond substituents is 1. The maximum Gasteiger partial charge on any atom is 0.338 e. The zero-order valence-electron chi connectivity index (χ0n) is 15.8. The molecule has 0 aliphatic carbocycles. The summed E-state index contributed by atoms with van der Waals surface area (Å²) in [4.78, 5) is 37.3. The summed E-state index contributed by atoms with van der Waals surface area (Å²) in [5.41, 5.74) is 0.707. The van der Waals surface area contributed by atoms with Crippen molar-refractivity contribution < 1.29 is 34.1 Å². The van der Waals surface area contributed by atoms with Gasteiger partial charge in [0.25, 0.3) is 0 Å². The second kappa shape index (κ2) is 8.51. The fourth-order valence-electron chi connectivity index (χ4n) is 2.81. The van der Waals surface area contributed by atoms with Crippen LogP contribution in [-0.4, -0.2) is 52.8 Å². The number of carboxylic acid groups (broad SMARTS) is 1. The number of benzene rings is 1. The molecule has 0 aromatic heterocycles. The molecule has 9 nitrogen and oxygen atoms in total. The molecule has 10 heteroatoms. The molecule has 0 radical (unpaired) electrons. The van der Waals surface area contributed by atoms with Gasteiger partial charge in [-0.1, -0.05) is 0 Å². The van der Waals surface area contributed by atoms with Crippen LogP contribution in [0, 0.1) is 0 Å². The molecule has 3 N–H and O–H groups in total. The van der Waals surface area contributed by atoms with Crippen LogP contribution in [0.15, 0.2) is 27.9 Å². The number of carbonyl (C=O) groups excluding carboxylic acids is 2. The average molecular weight is 457 g/mol. The van der Waals surface area contributed by atoms with E-state index in [0.29, 0.717) is 10.0 Å². The van der Waals surface area contributed by atoms with Gasteiger partial charge < -0.3 is 25.0 Å². The predicted molar refractivity (Wildman–Crippen MR) is 102 cm³/mol. The molecule has 152 valence electrons. The first-order valence-electron chi connectivity index (χ1n) is 8.34. The number of urea groups is 1. The summed E-state index contributed by atoms with van der Waals surface area (Å²) in [6.07, 6.45) is -0.417. The van der Waals surface area contributed by atoms with E-state index >= 15 is 0 Å². The van der Waals surface area contributed by atoms with E-state index in [2.05, 4.69) is 21.2 Å². The molecule has 1 aliphatic rings. The molecule has 0 fully saturated rings. The van der Waals surface area contributed by atoms with Crippen LogP contribution in [0.1, 0.15) is 32.4 Å². The molecule has 2 amide bonds. The first kappa shape index (κ1) is 21.5. The van der Waals surface area contributed by atoms with Gasteiger partial charge in [-0.3, -0.25) is 9.69 Å². The third kappa shape index (κ3) is 4.38. The van der Waals surface area contributed by atoms with Crippen LogP contribution in [0.25, 0.3) is 0 Å². The summed E-state index contributed by atoms with van der Waals surface area (Å²) in [6.45, 7) is 4.24. The number of halogens is 1. The molecule has 0 saturated carbocycles. The van der Waals surface area contributed by atoms with Crippen LogP contribution in [0.4, 0.5) is 4.79 Å². The molecule has 1 unspecified atom stereocenters. The number of amides is 2. The topological polar surface area (TPSA) is 125 Å². The fourth-order valence-corrected chi connectivity index (χ4v) is 3.27. The van der Waals surface area contributed by atoms with Crippen LogP contribution in [0.3, 0.4) is 0 Å². The lowest BCUT2D eigenvalue weighted by Gasteiger charge is -2.35. The van der Waals surface area contributed by atoms with Gasteiger partial charge in [0.15, 0.2) is 11.5 Å². The molecule has 1 aromatic rings. The number of nitrogens with zero attached hydrogens (tertiary/aromatic N) is 1. The average Bonchev–Trinajstić information content (AvgIpc) is 2.59. The Morgan fingerprint density at radius 2 is 2.00 bits per heavy atom. The highest BCUT2D eigenvalue weighted by molar-refractivity contribution is 9.10. The standard InChI is InChI=1S/C18H21BrN2O7/c1-8(2)28-17(25)14-9(3)21(7-13(22)23)18(26)20-15(14)10-5-11(19)16(24)12(6-10)27-4/h5-6,8,15,24H,7H2,1-4H3,(H,20,26)(H,22,23). The van der Waals surface area contributed by atoms with E-state index in [4.69, 9.17) is 14.6 Å². The first-order valence-corrected chi connectivity index (χ1v) is 9.14. The second-order valence-corrected chi connectivity index (χ2v) is 7.22. The van der Waals surface area contributed by atoms with E-state index in [1.54, 1.807) is 13.8 Å². The molecule has 2 rings (SSSR count). The molecule has 0 bridgehead atoms. The lowest BCUT2D eigenvalue weighted by molar-refractivity contribution is -0.143. The van der Waals surface area contributed by atoms with E-state index in [0.717, 1.165) is 4.90 Å². The molecule has 1 aliphatic heterocycles. The van der Waals surface area contributed by atoms with E-state index in [1.165, 1.54) is 26.2 Å². The van der Waals surface area contributed by atoms with Crippen molar-refractivity contribution in [2.45, 2.75) is 32.9 Å². The highest BCUT2D eigenvalue weighted by Crippen LogP contribution is 2.40. The summed E-state index contributed by atoms with van der Waals surface area (Å²) in [5, 5.41) is 21.7. The van der Waals surface area contributed by atoms with E-state index in [1.807, 2.05) is 0 Å². The predicted octanol–water partition coefficient (Wildman–Crippen LogP) is 2.54. The number of esters is 1. The third-order valence-electron chi connectivity index (χ3n) is 4.06. The second-order valence-electron chi connectivity index (χ2n) is 6.37. The Bertz CT molecular complexity index is 851. The van der Waals surface area contributed by atoms with E-state index in [9.17, 15) is 19.5 Å². The highest BCUT2D eigenvalue weighted by atomic mass is 79.9. The number of rotatable bonds is 6. The highest BCUT2D eigenvalue weighted by Gasteiger charge is 2.38. The molecular formula is C18H21BrN2O7. The van der Waals surface area contributed by atoms with Gasteiger partial charge in [-0.2, -0.15) is 0 Å². The van der Waals surface area contributed by atoms with Gasteiger partial charge in [0.2, 0.25) is 0 Å². The summed E-state index contributed by atoms with van der Waals surface area (Å²) in [5.74, 6) is -1.90. The lowest BCUT2D eigenvalue weighted by atomic mass is 9.94. The van der Waals surface area contributed by atoms with Crippen LogP contribution in [0.2, 0.25) is 0 Å². The van der Waals surface area contributed by atoms with Crippen molar-refractivity contribution in [1.29, 1.82) is 0 Å². The minimum atomic E-state index is -1.22. The first-order chi connectivity index (χ1) is 13.1. The smallest absolute Gasteiger partial charge is 0.338 e. The number of phenols is 1. The maximum atomic E-state index is 12.7. The Labute approximate surface area is 170 Å². The number of aliphatic carboxylic acids is 1. The van der Waals surface area contributed by atoms with Crippen molar-refractivity contribution in [3.8, 4) is 11.5 Å². The Morgan fingerprint density at radius 3 is 2.54 bits per heavy atom. The Hall–Kier alpha value is -2.75. The van der Waals surface area contributed by atoms with Crippen LogP contribution >= 0.6 is 15.9 Å².